The number of aryl methyl sites for hydroxylation is 2. The average Bonchev–Trinajstić information content (AvgIpc) is 2.31. The molecule has 2 heteroatoms. The Bertz CT molecular complexity index is 318. The summed E-state index contributed by atoms with van der Waals surface area (Å²) in [7, 11) is 0. The molecule has 0 radical (unpaired) electrons. The molecule has 0 spiro atoms. The van der Waals surface area contributed by atoms with Crippen LogP contribution in [0.25, 0.3) is 0 Å². The average molecular weight is 164 g/mol. The van der Waals surface area contributed by atoms with Gasteiger partial charge >= 0.3 is 0 Å². The van der Waals surface area contributed by atoms with E-state index in [1.807, 2.05) is 19.9 Å². The van der Waals surface area contributed by atoms with Crippen molar-refractivity contribution in [3.63, 3.8) is 0 Å². The van der Waals surface area contributed by atoms with Crippen LogP contribution < -0.4 is 4.74 Å². The second kappa shape index (κ2) is 2.49. The van der Waals surface area contributed by atoms with Gasteiger partial charge in [0.1, 0.15) is 18.5 Å². The van der Waals surface area contributed by atoms with Crippen LogP contribution >= 0.6 is 0 Å². The van der Waals surface area contributed by atoms with E-state index in [2.05, 4.69) is 6.07 Å². The molecular weight excluding hydrogens is 152 g/mol. The molecule has 64 valence electrons. The second-order valence-electron chi connectivity index (χ2n) is 3.32. The molecule has 0 aromatic heterocycles. The van der Waals surface area contributed by atoms with Crippen LogP contribution in [0.15, 0.2) is 12.1 Å². The van der Waals surface area contributed by atoms with Crippen LogP contribution in [0, 0.1) is 13.8 Å². The van der Waals surface area contributed by atoms with Crippen LogP contribution in [0.5, 0.6) is 5.75 Å². The molecule has 0 saturated carbocycles. The summed E-state index contributed by atoms with van der Waals surface area (Å²) in [6, 6.07) is 4.04. The number of hydrogen-bond donors (Lipinski definition) is 1. The van der Waals surface area contributed by atoms with Gasteiger partial charge in [0.05, 0.1) is 0 Å². The van der Waals surface area contributed by atoms with Gasteiger partial charge in [0, 0.05) is 5.56 Å². The number of aliphatic hydroxyl groups excluding tert-OH is 1. The van der Waals surface area contributed by atoms with Gasteiger partial charge in [-0.2, -0.15) is 0 Å². The van der Waals surface area contributed by atoms with E-state index in [1.165, 1.54) is 5.56 Å². The zero-order chi connectivity index (χ0) is 8.72. The van der Waals surface area contributed by atoms with Crippen LogP contribution in [-0.4, -0.2) is 11.7 Å². The zero-order valence-corrected chi connectivity index (χ0v) is 7.29. The van der Waals surface area contributed by atoms with E-state index >= 15 is 0 Å². The van der Waals surface area contributed by atoms with Gasteiger partial charge in [-0.05, 0) is 31.0 Å². The van der Waals surface area contributed by atoms with Gasteiger partial charge in [0.25, 0.3) is 0 Å². The first kappa shape index (κ1) is 7.62. The summed E-state index contributed by atoms with van der Waals surface area (Å²) < 4.78 is 5.32. The molecule has 1 aliphatic heterocycles. The van der Waals surface area contributed by atoms with E-state index in [9.17, 15) is 5.11 Å². The largest absolute Gasteiger partial charge is 0.490 e. The van der Waals surface area contributed by atoms with Gasteiger partial charge in [-0.15, -0.1) is 0 Å². The van der Waals surface area contributed by atoms with Gasteiger partial charge < -0.3 is 9.84 Å². The minimum atomic E-state index is -0.430. The number of rotatable bonds is 0. The Balaban J connectivity index is 2.60. The minimum Gasteiger partial charge on any atom is -0.490 e. The fraction of sp³-hybridized carbons (Fsp3) is 0.400. The van der Waals surface area contributed by atoms with Crippen LogP contribution in [0.2, 0.25) is 0 Å². The van der Waals surface area contributed by atoms with E-state index in [1.54, 1.807) is 0 Å². The third-order valence-corrected chi connectivity index (χ3v) is 2.22. The first-order valence-electron chi connectivity index (χ1n) is 4.10. The van der Waals surface area contributed by atoms with Crippen molar-refractivity contribution in [2.75, 3.05) is 6.61 Å². The lowest BCUT2D eigenvalue weighted by atomic mass is 10.0. The molecule has 1 N–H and O–H groups in total. The monoisotopic (exact) mass is 164 g/mol. The minimum absolute atomic E-state index is 0.402. The first-order valence-corrected chi connectivity index (χ1v) is 4.10. The highest BCUT2D eigenvalue weighted by Crippen LogP contribution is 2.35. The second-order valence-corrected chi connectivity index (χ2v) is 3.32. The lowest BCUT2D eigenvalue weighted by Gasteiger charge is -2.05. The highest BCUT2D eigenvalue weighted by molar-refractivity contribution is 5.46. The Morgan fingerprint density at radius 2 is 2.17 bits per heavy atom. The third kappa shape index (κ3) is 0.994. The van der Waals surface area contributed by atoms with E-state index in [0.29, 0.717) is 6.61 Å². The highest BCUT2D eigenvalue weighted by atomic mass is 16.5. The molecule has 12 heavy (non-hydrogen) atoms. The van der Waals surface area contributed by atoms with E-state index in [4.69, 9.17) is 4.74 Å². The topological polar surface area (TPSA) is 29.5 Å². The number of hydrogen-bond acceptors (Lipinski definition) is 2. The number of fused-ring (bicyclic) bond motifs is 1. The first-order chi connectivity index (χ1) is 5.68. The maximum atomic E-state index is 9.53. The molecular formula is C10H12O2. The fourth-order valence-corrected chi connectivity index (χ4v) is 1.74. The van der Waals surface area contributed by atoms with Crippen LogP contribution in [0.4, 0.5) is 0 Å². The zero-order valence-electron chi connectivity index (χ0n) is 7.29. The van der Waals surface area contributed by atoms with Gasteiger partial charge in [-0.25, -0.2) is 0 Å². The summed E-state index contributed by atoms with van der Waals surface area (Å²) in [4.78, 5) is 0. The van der Waals surface area contributed by atoms with Crippen molar-refractivity contribution >= 4 is 0 Å². The molecule has 0 fully saturated rings. The van der Waals surface area contributed by atoms with Gasteiger partial charge in [-0.1, -0.05) is 6.07 Å². The molecule has 0 amide bonds. The molecule has 0 saturated heterocycles. The Labute approximate surface area is 71.8 Å². The van der Waals surface area contributed by atoms with Crippen LogP contribution in [-0.2, 0) is 0 Å². The van der Waals surface area contributed by atoms with Crippen molar-refractivity contribution < 1.29 is 9.84 Å². The summed E-state index contributed by atoms with van der Waals surface area (Å²) in [5.74, 6) is 0.847. The quantitative estimate of drug-likeness (QED) is 0.632. The summed E-state index contributed by atoms with van der Waals surface area (Å²) in [5, 5.41) is 9.53. The van der Waals surface area contributed by atoms with Crippen LogP contribution in [0.3, 0.4) is 0 Å². The van der Waals surface area contributed by atoms with Crippen molar-refractivity contribution in [3.05, 3.63) is 28.8 Å². The predicted octanol–water partition coefficient (Wildman–Crippen LogP) is 1.73. The van der Waals surface area contributed by atoms with Crippen LogP contribution in [0.1, 0.15) is 22.8 Å². The molecule has 2 nitrogen and oxygen atoms in total. The van der Waals surface area contributed by atoms with Crippen molar-refractivity contribution in [3.8, 4) is 5.75 Å². The molecule has 0 aliphatic carbocycles. The maximum Gasteiger partial charge on any atom is 0.125 e. The van der Waals surface area contributed by atoms with E-state index in [-0.39, 0.29) is 0 Å². The summed E-state index contributed by atoms with van der Waals surface area (Å²) in [6.07, 6.45) is -0.430. The van der Waals surface area contributed by atoms with Gasteiger partial charge in [-0.3, -0.25) is 0 Å². The smallest absolute Gasteiger partial charge is 0.125 e. The highest BCUT2D eigenvalue weighted by Gasteiger charge is 2.23. The van der Waals surface area contributed by atoms with Crippen molar-refractivity contribution in [1.82, 2.24) is 0 Å². The lowest BCUT2D eigenvalue weighted by molar-refractivity contribution is 0.140. The Kier molecular flexibility index (Phi) is 1.58. The molecule has 1 aromatic carbocycles. The fourth-order valence-electron chi connectivity index (χ4n) is 1.74. The van der Waals surface area contributed by atoms with E-state index in [0.717, 1.165) is 16.9 Å². The van der Waals surface area contributed by atoms with Crippen molar-refractivity contribution in [2.45, 2.75) is 20.0 Å². The number of benzene rings is 1. The van der Waals surface area contributed by atoms with Gasteiger partial charge in [0.2, 0.25) is 0 Å². The van der Waals surface area contributed by atoms with E-state index < -0.39 is 6.10 Å². The summed E-state index contributed by atoms with van der Waals surface area (Å²) in [6.45, 7) is 4.44. The Morgan fingerprint density at radius 3 is 2.92 bits per heavy atom. The Morgan fingerprint density at radius 1 is 1.42 bits per heavy atom. The maximum absolute atomic E-state index is 9.53. The third-order valence-electron chi connectivity index (χ3n) is 2.22. The Hall–Kier alpha value is -1.02. The van der Waals surface area contributed by atoms with Crippen molar-refractivity contribution in [1.29, 1.82) is 0 Å². The molecule has 2 rings (SSSR count). The molecule has 1 atom stereocenters. The summed E-state index contributed by atoms with van der Waals surface area (Å²) >= 11 is 0. The normalized spacial score (nSPS) is 20.4. The molecule has 1 aliphatic rings. The lowest BCUT2D eigenvalue weighted by Crippen LogP contribution is -1.98. The van der Waals surface area contributed by atoms with Gasteiger partial charge in [0.15, 0.2) is 0 Å². The molecule has 0 bridgehead atoms. The molecule has 1 heterocycles. The SMILES string of the molecule is Cc1cc(C)c2c(c1)OCC2O. The predicted molar refractivity (Wildman–Crippen MR) is 46.4 cm³/mol. The molecule has 1 aromatic rings. The number of ether oxygens (including phenoxy) is 1. The number of aliphatic hydroxyl groups is 1. The standard InChI is InChI=1S/C10H12O2/c1-6-3-7(2)10-8(11)5-12-9(10)4-6/h3-4,8,11H,5H2,1-2H3. The summed E-state index contributed by atoms with van der Waals surface area (Å²) in [5.41, 5.74) is 3.26. The van der Waals surface area contributed by atoms with Crippen molar-refractivity contribution in [2.24, 2.45) is 0 Å². The molecule has 1 unspecified atom stereocenters.